The molecule has 1 N–H and O–H groups in total. The molecular formula is C19H17FN6O2. The average Bonchev–Trinajstić information content (AvgIpc) is 3.32. The summed E-state index contributed by atoms with van der Waals surface area (Å²) in [7, 11) is 0. The number of benzene rings is 2. The Kier molecular flexibility index (Phi) is 4.79. The molecule has 1 aliphatic heterocycles. The van der Waals surface area contributed by atoms with Crippen molar-refractivity contribution < 1.29 is 14.0 Å². The minimum absolute atomic E-state index is 0.136. The number of halogens is 1. The number of anilines is 1. The monoisotopic (exact) mass is 380 g/mol. The molecule has 2 amide bonds. The van der Waals surface area contributed by atoms with E-state index >= 15 is 0 Å². The van der Waals surface area contributed by atoms with Crippen LogP contribution in [0.4, 0.5) is 10.1 Å². The normalized spacial score (nSPS) is 16.4. The van der Waals surface area contributed by atoms with E-state index in [2.05, 4.69) is 20.8 Å². The first-order valence-electron chi connectivity index (χ1n) is 8.75. The van der Waals surface area contributed by atoms with Crippen molar-refractivity contribution in [2.45, 2.75) is 19.0 Å². The quantitative estimate of drug-likeness (QED) is 0.722. The first-order chi connectivity index (χ1) is 13.6. The second-order valence-electron chi connectivity index (χ2n) is 6.53. The molecular weight excluding hydrogens is 363 g/mol. The number of tetrazole rings is 1. The Bertz CT molecular complexity index is 990. The molecule has 1 saturated heterocycles. The van der Waals surface area contributed by atoms with Gasteiger partial charge in [0.2, 0.25) is 5.91 Å². The summed E-state index contributed by atoms with van der Waals surface area (Å²) in [5.74, 6) is -0.949. The number of nitrogens with zero attached hydrogens (tertiary/aromatic N) is 5. The molecule has 2 heterocycles. The number of aromatic nitrogens is 4. The minimum atomic E-state index is -0.457. The van der Waals surface area contributed by atoms with E-state index in [0.717, 1.165) is 5.56 Å². The highest BCUT2D eigenvalue weighted by atomic mass is 19.1. The van der Waals surface area contributed by atoms with E-state index in [1.807, 2.05) is 12.1 Å². The summed E-state index contributed by atoms with van der Waals surface area (Å²) in [6.07, 6.45) is 1.65. The largest absolute Gasteiger partial charge is 0.347 e. The summed E-state index contributed by atoms with van der Waals surface area (Å²) in [4.78, 5) is 26.1. The van der Waals surface area contributed by atoms with Crippen molar-refractivity contribution in [2.75, 3.05) is 11.4 Å². The van der Waals surface area contributed by atoms with Crippen LogP contribution in [0.1, 0.15) is 22.3 Å². The van der Waals surface area contributed by atoms with E-state index in [9.17, 15) is 14.0 Å². The topological polar surface area (TPSA) is 93.0 Å². The molecule has 0 unspecified atom stereocenters. The lowest BCUT2D eigenvalue weighted by Gasteiger charge is -2.18. The maximum absolute atomic E-state index is 13.9. The van der Waals surface area contributed by atoms with Crippen LogP contribution in [0.3, 0.4) is 0 Å². The molecule has 142 valence electrons. The number of para-hydroxylation sites is 1. The van der Waals surface area contributed by atoms with Gasteiger partial charge in [-0.15, -0.1) is 5.10 Å². The second kappa shape index (κ2) is 7.55. The lowest BCUT2D eigenvalue weighted by Crippen LogP contribution is -2.37. The maximum Gasteiger partial charge on any atom is 0.251 e. The molecule has 9 heteroatoms. The van der Waals surface area contributed by atoms with Crippen molar-refractivity contribution in [3.8, 4) is 0 Å². The van der Waals surface area contributed by atoms with Crippen molar-refractivity contribution in [1.29, 1.82) is 0 Å². The minimum Gasteiger partial charge on any atom is -0.347 e. The van der Waals surface area contributed by atoms with Crippen molar-refractivity contribution in [2.24, 2.45) is 0 Å². The summed E-state index contributed by atoms with van der Waals surface area (Å²) in [5, 5.41) is 13.8. The van der Waals surface area contributed by atoms with Crippen LogP contribution in [0.15, 0.2) is 54.9 Å². The Morgan fingerprint density at radius 3 is 2.68 bits per heavy atom. The lowest BCUT2D eigenvalue weighted by atomic mass is 10.1. The second-order valence-corrected chi connectivity index (χ2v) is 6.53. The van der Waals surface area contributed by atoms with Crippen LogP contribution in [0, 0.1) is 5.82 Å². The SMILES string of the molecule is O=C(N[C@@H]1CC(=O)N(c2ccccc2F)C1)c1ccc(Cn2cnnn2)cc1. The summed E-state index contributed by atoms with van der Waals surface area (Å²) in [6, 6.07) is 12.8. The van der Waals surface area contributed by atoms with Crippen molar-refractivity contribution in [3.05, 3.63) is 71.8 Å². The molecule has 8 nitrogen and oxygen atoms in total. The predicted molar refractivity (Wildman–Crippen MR) is 98.0 cm³/mol. The third-order valence-electron chi connectivity index (χ3n) is 4.56. The third kappa shape index (κ3) is 3.73. The van der Waals surface area contributed by atoms with Gasteiger partial charge in [-0.05, 0) is 40.3 Å². The van der Waals surface area contributed by atoms with Crippen LogP contribution in [-0.4, -0.2) is 44.6 Å². The highest BCUT2D eigenvalue weighted by molar-refractivity contribution is 5.99. The first kappa shape index (κ1) is 17.8. The average molecular weight is 380 g/mol. The number of amides is 2. The van der Waals surface area contributed by atoms with Gasteiger partial charge in [-0.1, -0.05) is 24.3 Å². The number of rotatable bonds is 5. The van der Waals surface area contributed by atoms with Crippen molar-refractivity contribution in [3.63, 3.8) is 0 Å². The fourth-order valence-electron chi connectivity index (χ4n) is 3.18. The molecule has 1 fully saturated rings. The Balaban J connectivity index is 1.38. The molecule has 1 atom stereocenters. The number of hydrogen-bond donors (Lipinski definition) is 1. The van der Waals surface area contributed by atoms with Gasteiger partial charge in [0.25, 0.3) is 5.91 Å². The maximum atomic E-state index is 13.9. The Morgan fingerprint density at radius 1 is 1.18 bits per heavy atom. The van der Waals surface area contributed by atoms with Gasteiger partial charge in [0.05, 0.1) is 18.3 Å². The van der Waals surface area contributed by atoms with E-state index in [1.54, 1.807) is 35.0 Å². The van der Waals surface area contributed by atoms with Gasteiger partial charge in [0.1, 0.15) is 12.1 Å². The fourth-order valence-corrected chi connectivity index (χ4v) is 3.18. The number of hydrogen-bond acceptors (Lipinski definition) is 5. The first-order valence-corrected chi connectivity index (χ1v) is 8.75. The van der Waals surface area contributed by atoms with Gasteiger partial charge in [-0.25, -0.2) is 9.07 Å². The summed E-state index contributed by atoms with van der Waals surface area (Å²) >= 11 is 0. The summed E-state index contributed by atoms with van der Waals surface area (Å²) in [6.45, 7) is 0.743. The predicted octanol–water partition coefficient (Wildman–Crippen LogP) is 1.40. The van der Waals surface area contributed by atoms with Crippen LogP contribution >= 0.6 is 0 Å². The van der Waals surface area contributed by atoms with Gasteiger partial charge < -0.3 is 10.2 Å². The Labute approximate surface area is 160 Å². The highest BCUT2D eigenvalue weighted by Crippen LogP contribution is 2.24. The summed E-state index contributed by atoms with van der Waals surface area (Å²) in [5.41, 5.74) is 1.67. The van der Waals surface area contributed by atoms with E-state index < -0.39 is 5.82 Å². The Morgan fingerprint density at radius 2 is 1.96 bits per heavy atom. The van der Waals surface area contributed by atoms with Crippen LogP contribution in [0.25, 0.3) is 0 Å². The van der Waals surface area contributed by atoms with Crippen molar-refractivity contribution in [1.82, 2.24) is 25.5 Å². The van der Waals surface area contributed by atoms with Gasteiger partial charge >= 0.3 is 0 Å². The van der Waals surface area contributed by atoms with Crippen LogP contribution in [0.2, 0.25) is 0 Å². The molecule has 2 aromatic carbocycles. The molecule has 0 radical (unpaired) electrons. The Hall–Kier alpha value is -3.62. The number of carbonyl (C=O) groups is 2. The summed E-state index contributed by atoms with van der Waals surface area (Å²) < 4.78 is 15.5. The van der Waals surface area contributed by atoms with E-state index in [1.165, 1.54) is 17.3 Å². The van der Waals surface area contributed by atoms with Gasteiger partial charge in [-0.2, -0.15) is 0 Å². The lowest BCUT2D eigenvalue weighted by molar-refractivity contribution is -0.117. The molecule has 0 bridgehead atoms. The van der Waals surface area contributed by atoms with Crippen LogP contribution < -0.4 is 10.2 Å². The van der Waals surface area contributed by atoms with Crippen LogP contribution in [-0.2, 0) is 11.3 Å². The zero-order chi connectivity index (χ0) is 19.5. The third-order valence-corrected chi connectivity index (χ3v) is 4.56. The zero-order valence-electron chi connectivity index (χ0n) is 14.8. The van der Waals surface area contributed by atoms with E-state index in [4.69, 9.17) is 0 Å². The van der Waals surface area contributed by atoms with Crippen LogP contribution in [0.5, 0.6) is 0 Å². The van der Waals surface area contributed by atoms with Gasteiger partial charge in [-0.3, -0.25) is 9.59 Å². The number of carbonyl (C=O) groups excluding carboxylic acids is 2. The molecule has 3 aromatic rings. The standard InChI is InChI=1S/C19H17FN6O2/c20-16-3-1-2-4-17(16)26-11-15(9-18(26)27)22-19(28)14-7-5-13(6-8-14)10-25-12-21-23-24-25/h1-8,12,15H,9-11H2,(H,22,28)/t15-/m1/s1. The van der Waals surface area contributed by atoms with Crippen molar-refractivity contribution >= 4 is 17.5 Å². The molecule has 1 aliphatic rings. The van der Waals surface area contributed by atoms with Gasteiger partial charge in [0, 0.05) is 18.5 Å². The van der Waals surface area contributed by atoms with E-state index in [-0.39, 0.29) is 36.5 Å². The molecule has 28 heavy (non-hydrogen) atoms. The zero-order valence-corrected chi connectivity index (χ0v) is 14.8. The molecule has 1 aromatic heterocycles. The molecule has 0 spiro atoms. The highest BCUT2D eigenvalue weighted by Gasteiger charge is 2.32. The van der Waals surface area contributed by atoms with E-state index in [0.29, 0.717) is 12.1 Å². The number of nitrogens with one attached hydrogen (secondary N) is 1. The molecule has 0 aliphatic carbocycles. The smallest absolute Gasteiger partial charge is 0.251 e. The fraction of sp³-hybridized carbons (Fsp3) is 0.211. The van der Waals surface area contributed by atoms with Gasteiger partial charge in [0.15, 0.2) is 0 Å². The molecule has 0 saturated carbocycles. The molecule has 4 rings (SSSR count).